The molecule has 0 aromatic heterocycles. The number of non-ortho nitro benzene ring substituents is 1. The highest BCUT2D eigenvalue weighted by Crippen LogP contribution is 2.32. The maximum Gasteiger partial charge on any atom is 0.323 e. The maximum atomic E-state index is 13.1. The number of nitrogens with zero attached hydrogens (tertiary/aromatic N) is 1. The summed E-state index contributed by atoms with van der Waals surface area (Å²) in [6, 6.07) is 6.31. The van der Waals surface area contributed by atoms with Crippen molar-refractivity contribution in [3.63, 3.8) is 0 Å². The number of nitro groups is 1. The number of nitro benzene ring substituents is 1. The number of carbonyl (C=O) groups excluding carboxylic acids is 3. The summed E-state index contributed by atoms with van der Waals surface area (Å²) in [5.41, 5.74) is -0.0800. The third kappa shape index (κ3) is 11.3. The van der Waals surface area contributed by atoms with E-state index in [1.807, 2.05) is 0 Å². The first kappa shape index (κ1) is 35.1. The van der Waals surface area contributed by atoms with Crippen molar-refractivity contribution < 1.29 is 38.0 Å². The van der Waals surface area contributed by atoms with E-state index in [0.717, 1.165) is 6.07 Å². The number of anilines is 1. The smallest absolute Gasteiger partial charge is 0.323 e. The Kier molecular flexibility index (Phi) is 13.8. The van der Waals surface area contributed by atoms with Crippen LogP contribution < -0.4 is 20.2 Å². The van der Waals surface area contributed by atoms with Crippen LogP contribution in [0.1, 0.15) is 51.9 Å². The first-order valence-corrected chi connectivity index (χ1v) is 14.7. The zero-order valence-electron chi connectivity index (χ0n) is 23.8. The van der Waals surface area contributed by atoms with Gasteiger partial charge in [0.2, 0.25) is 0 Å². The molecule has 1 amide bonds. The van der Waals surface area contributed by atoms with Crippen LogP contribution in [-0.2, 0) is 23.6 Å². The fraction of sp³-hybridized carbons (Fsp3) is 0.423. The molecule has 230 valence electrons. The molecule has 0 bridgehead atoms. The number of ether oxygens (including phenoxy) is 3. The van der Waals surface area contributed by atoms with E-state index in [1.54, 1.807) is 41.5 Å². The Hall–Kier alpha value is -3.06. The van der Waals surface area contributed by atoms with Gasteiger partial charge in [-0.05, 0) is 65.8 Å². The van der Waals surface area contributed by atoms with Crippen LogP contribution in [0.4, 0.5) is 11.4 Å². The summed E-state index contributed by atoms with van der Waals surface area (Å²) in [6.45, 7) is 9.61. The van der Waals surface area contributed by atoms with Gasteiger partial charge in [0, 0.05) is 17.2 Å². The van der Waals surface area contributed by atoms with Crippen molar-refractivity contribution >= 4 is 60.9 Å². The third-order valence-electron chi connectivity index (χ3n) is 5.03. The van der Waals surface area contributed by atoms with E-state index < -0.39 is 50.1 Å². The molecule has 2 aromatic rings. The topological polar surface area (TPSA) is 167 Å². The number of carbonyl (C=O) groups is 3. The van der Waals surface area contributed by atoms with Crippen molar-refractivity contribution in [1.82, 2.24) is 10.2 Å². The first-order chi connectivity index (χ1) is 19.7. The molecule has 3 N–H and O–H groups in total. The van der Waals surface area contributed by atoms with E-state index in [0.29, 0.717) is 0 Å². The molecule has 0 heterocycles. The lowest BCUT2D eigenvalue weighted by molar-refractivity contribution is -0.384. The van der Waals surface area contributed by atoms with E-state index in [4.69, 9.17) is 41.9 Å². The number of benzene rings is 2. The Morgan fingerprint density at radius 3 is 1.98 bits per heavy atom. The van der Waals surface area contributed by atoms with Crippen molar-refractivity contribution in [2.75, 3.05) is 12.1 Å². The lowest BCUT2D eigenvalue weighted by Crippen LogP contribution is -2.41. The molecule has 0 aliphatic carbocycles. The van der Waals surface area contributed by atoms with Gasteiger partial charge in [0.05, 0.1) is 33.4 Å². The summed E-state index contributed by atoms with van der Waals surface area (Å²) >= 11 is 12.2. The summed E-state index contributed by atoms with van der Waals surface area (Å²) in [5, 5.41) is 19.6. The van der Waals surface area contributed by atoms with Gasteiger partial charge in [0.1, 0.15) is 17.8 Å². The summed E-state index contributed by atoms with van der Waals surface area (Å²) in [6.07, 6.45) is -0.666. The first-order valence-electron chi connectivity index (χ1n) is 12.7. The van der Waals surface area contributed by atoms with Crippen LogP contribution in [-0.4, -0.2) is 53.9 Å². The third-order valence-corrected chi connectivity index (χ3v) is 7.18. The normalized spacial score (nSPS) is 13.3. The van der Waals surface area contributed by atoms with Crippen LogP contribution >= 0.6 is 31.7 Å². The molecule has 16 heteroatoms. The predicted octanol–water partition coefficient (Wildman–Crippen LogP) is 5.59. The quantitative estimate of drug-likeness (QED) is 0.0725. The summed E-state index contributed by atoms with van der Waals surface area (Å²) in [4.78, 5) is 48.1. The molecule has 0 fully saturated rings. The molecule has 0 saturated carbocycles. The molecule has 0 spiro atoms. The summed E-state index contributed by atoms with van der Waals surface area (Å²) in [7, 11) is -1.86. The SMILES string of the molecule is CC(C)OC(=O)C(C)NP(NC(C)C(=O)OC(C)C)OCOc1ccc(Cl)cc1C(=O)Nc1ccc([N+](=O)[O-])cc1Cl. The number of nitrogens with one attached hydrogen (secondary N) is 3. The standard InChI is InChI=1S/C26H33Cl2N4O9P/c1-14(2)40-25(34)16(5)30-42(31-17(6)26(35)41-15(3)4)39-13-38-23-10-7-18(27)11-20(23)24(33)29-22-9-8-19(32(36)37)12-21(22)28/h7-12,14-17,30-31H,13H2,1-6H3,(H,29,33). The summed E-state index contributed by atoms with van der Waals surface area (Å²) in [5.74, 6) is -1.62. The molecule has 42 heavy (non-hydrogen) atoms. The van der Waals surface area contributed by atoms with Gasteiger partial charge in [-0.1, -0.05) is 23.2 Å². The molecule has 13 nitrogen and oxygen atoms in total. The van der Waals surface area contributed by atoms with Gasteiger partial charge < -0.3 is 19.5 Å². The molecule has 0 saturated heterocycles. The van der Waals surface area contributed by atoms with Crippen molar-refractivity contribution in [3.05, 3.63) is 62.1 Å². The highest BCUT2D eigenvalue weighted by atomic mass is 35.5. The Bertz CT molecular complexity index is 1250. The van der Waals surface area contributed by atoms with Crippen LogP contribution in [0.15, 0.2) is 36.4 Å². The molecule has 2 rings (SSSR count). The lowest BCUT2D eigenvalue weighted by atomic mass is 10.1. The second-order valence-corrected chi connectivity index (χ2v) is 11.6. The van der Waals surface area contributed by atoms with Gasteiger partial charge in [-0.15, -0.1) is 0 Å². The molecular weight excluding hydrogens is 614 g/mol. The number of hydrogen-bond donors (Lipinski definition) is 3. The van der Waals surface area contributed by atoms with Crippen LogP contribution in [0, 0.1) is 10.1 Å². The fourth-order valence-corrected chi connectivity index (χ4v) is 4.78. The average molecular weight is 647 g/mol. The van der Waals surface area contributed by atoms with Crippen molar-refractivity contribution in [3.8, 4) is 5.75 Å². The molecule has 2 atom stereocenters. The number of halogens is 2. The van der Waals surface area contributed by atoms with E-state index in [2.05, 4.69) is 15.5 Å². The average Bonchev–Trinajstić information content (AvgIpc) is 2.89. The van der Waals surface area contributed by atoms with E-state index in [1.165, 1.54) is 30.3 Å². The van der Waals surface area contributed by atoms with E-state index in [9.17, 15) is 24.5 Å². The van der Waals surface area contributed by atoms with Crippen LogP contribution in [0.2, 0.25) is 10.0 Å². The molecule has 2 aromatic carbocycles. The Morgan fingerprint density at radius 2 is 1.48 bits per heavy atom. The van der Waals surface area contributed by atoms with Crippen LogP contribution in [0.5, 0.6) is 5.75 Å². The highest BCUT2D eigenvalue weighted by Gasteiger charge is 2.26. The number of esters is 2. The number of hydrogen-bond acceptors (Lipinski definition) is 11. The fourth-order valence-electron chi connectivity index (χ4n) is 3.09. The maximum absolute atomic E-state index is 13.1. The van der Waals surface area contributed by atoms with Crippen LogP contribution in [0.3, 0.4) is 0 Å². The monoisotopic (exact) mass is 646 g/mol. The highest BCUT2D eigenvalue weighted by molar-refractivity contribution is 7.48. The van der Waals surface area contributed by atoms with Gasteiger partial charge in [-0.3, -0.25) is 29.0 Å². The van der Waals surface area contributed by atoms with Crippen molar-refractivity contribution in [2.45, 2.75) is 65.8 Å². The molecule has 0 aliphatic rings. The minimum Gasteiger partial charge on any atom is -0.466 e. The number of rotatable bonds is 15. The second-order valence-electron chi connectivity index (χ2n) is 9.37. The Balaban J connectivity index is 2.17. The van der Waals surface area contributed by atoms with Crippen molar-refractivity contribution in [1.29, 1.82) is 0 Å². The summed E-state index contributed by atoms with van der Waals surface area (Å²) < 4.78 is 22.0. The molecule has 0 aliphatic heterocycles. The van der Waals surface area contributed by atoms with Gasteiger partial charge in [0.15, 0.2) is 15.2 Å². The van der Waals surface area contributed by atoms with E-state index >= 15 is 0 Å². The molecule has 0 radical (unpaired) electrons. The predicted molar refractivity (Wildman–Crippen MR) is 159 cm³/mol. The molecule has 2 unspecified atom stereocenters. The second kappa shape index (κ2) is 16.5. The Morgan fingerprint density at radius 1 is 0.905 bits per heavy atom. The van der Waals surface area contributed by atoms with Gasteiger partial charge in [-0.2, -0.15) is 0 Å². The van der Waals surface area contributed by atoms with Gasteiger partial charge in [0.25, 0.3) is 11.6 Å². The minimum absolute atomic E-state index is 0.0218. The van der Waals surface area contributed by atoms with E-state index in [-0.39, 0.29) is 44.9 Å². The number of amides is 1. The molecular formula is C26H33Cl2N4O9P. The Labute approximate surface area is 254 Å². The largest absolute Gasteiger partial charge is 0.466 e. The minimum atomic E-state index is -1.86. The van der Waals surface area contributed by atoms with Crippen molar-refractivity contribution in [2.24, 2.45) is 0 Å². The van der Waals surface area contributed by atoms with Gasteiger partial charge >= 0.3 is 11.9 Å². The zero-order chi connectivity index (χ0) is 31.6. The van der Waals surface area contributed by atoms with Gasteiger partial charge in [-0.25, -0.2) is 10.2 Å². The lowest BCUT2D eigenvalue weighted by Gasteiger charge is -2.26. The van der Waals surface area contributed by atoms with Crippen LogP contribution in [0.25, 0.3) is 0 Å². The zero-order valence-corrected chi connectivity index (χ0v) is 26.2.